The number of hydrogen-bond acceptors (Lipinski definition) is 3. The summed E-state index contributed by atoms with van der Waals surface area (Å²) in [6, 6.07) is 0. The van der Waals surface area contributed by atoms with Gasteiger partial charge in [0.2, 0.25) is 0 Å². The van der Waals surface area contributed by atoms with Crippen LogP contribution in [-0.2, 0) is 14.3 Å². The molecule has 0 spiro atoms. The van der Waals surface area contributed by atoms with E-state index in [-0.39, 0.29) is 5.97 Å². The molecule has 3 nitrogen and oxygen atoms in total. The van der Waals surface area contributed by atoms with E-state index in [1.807, 2.05) is 6.92 Å². The summed E-state index contributed by atoms with van der Waals surface area (Å²) in [5.41, 5.74) is 0. The Morgan fingerprint density at radius 1 is 1.15 bits per heavy atom. The number of hydrogen-bond donors (Lipinski definition) is 0. The molecule has 0 amide bonds. The van der Waals surface area contributed by atoms with Gasteiger partial charge in [-0.3, -0.25) is 4.79 Å². The van der Waals surface area contributed by atoms with Crippen LogP contribution in [-0.4, -0.2) is 25.8 Å². The van der Waals surface area contributed by atoms with Gasteiger partial charge in [-0.2, -0.15) is 0 Å². The average molecular weight is 188 g/mol. The predicted molar refractivity (Wildman–Crippen MR) is 51.6 cm³/mol. The smallest absolute Gasteiger partial charge is 0.305 e. The van der Waals surface area contributed by atoms with Gasteiger partial charge in [0.15, 0.2) is 0 Å². The maximum Gasteiger partial charge on any atom is 0.305 e. The summed E-state index contributed by atoms with van der Waals surface area (Å²) in [7, 11) is 0. The zero-order valence-corrected chi connectivity index (χ0v) is 8.67. The van der Waals surface area contributed by atoms with Crippen LogP contribution in [0.2, 0.25) is 0 Å². The van der Waals surface area contributed by atoms with Crippen molar-refractivity contribution in [3.05, 3.63) is 0 Å². The van der Waals surface area contributed by atoms with E-state index in [1.165, 1.54) is 0 Å². The Hall–Kier alpha value is -0.570. The lowest BCUT2D eigenvalue weighted by molar-refractivity contribution is -0.145. The van der Waals surface area contributed by atoms with Gasteiger partial charge in [0, 0.05) is 13.0 Å². The molecule has 0 bridgehead atoms. The van der Waals surface area contributed by atoms with Crippen LogP contribution in [0.4, 0.5) is 0 Å². The van der Waals surface area contributed by atoms with Crippen molar-refractivity contribution in [2.24, 2.45) is 0 Å². The molecule has 0 atom stereocenters. The molecule has 0 fully saturated rings. The SMILES string of the molecule is CCCCCC(=O)OCCOCC. The van der Waals surface area contributed by atoms with Crippen LogP contribution in [0.5, 0.6) is 0 Å². The van der Waals surface area contributed by atoms with Crippen LogP contribution >= 0.6 is 0 Å². The summed E-state index contributed by atoms with van der Waals surface area (Å²) in [6.45, 7) is 5.60. The highest BCUT2D eigenvalue weighted by Gasteiger charge is 2.00. The highest BCUT2D eigenvalue weighted by molar-refractivity contribution is 5.69. The van der Waals surface area contributed by atoms with Crippen LogP contribution in [0.1, 0.15) is 39.5 Å². The van der Waals surface area contributed by atoms with E-state index in [2.05, 4.69) is 6.92 Å². The van der Waals surface area contributed by atoms with E-state index in [0.29, 0.717) is 26.2 Å². The summed E-state index contributed by atoms with van der Waals surface area (Å²) < 4.78 is 9.96. The van der Waals surface area contributed by atoms with Crippen molar-refractivity contribution in [2.75, 3.05) is 19.8 Å². The van der Waals surface area contributed by atoms with E-state index >= 15 is 0 Å². The molecular formula is C10H20O3. The van der Waals surface area contributed by atoms with Crippen molar-refractivity contribution in [3.8, 4) is 0 Å². The maximum absolute atomic E-state index is 11.0. The first-order valence-electron chi connectivity index (χ1n) is 5.04. The molecule has 0 aliphatic heterocycles. The zero-order valence-electron chi connectivity index (χ0n) is 8.67. The zero-order chi connectivity index (χ0) is 9.94. The van der Waals surface area contributed by atoms with Crippen LogP contribution < -0.4 is 0 Å². The molecule has 0 saturated heterocycles. The number of carbonyl (C=O) groups excluding carboxylic acids is 1. The molecule has 0 N–H and O–H groups in total. The summed E-state index contributed by atoms with van der Waals surface area (Å²) in [5, 5.41) is 0. The fourth-order valence-corrected chi connectivity index (χ4v) is 0.950. The molecule has 0 aromatic carbocycles. The standard InChI is InChI=1S/C10H20O3/c1-3-5-6-7-10(11)13-9-8-12-4-2/h3-9H2,1-2H3. The van der Waals surface area contributed by atoms with Gasteiger partial charge >= 0.3 is 5.97 Å². The van der Waals surface area contributed by atoms with Crippen molar-refractivity contribution in [1.29, 1.82) is 0 Å². The van der Waals surface area contributed by atoms with Crippen LogP contribution in [0.25, 0.3) is 0 Å². The second-order valence-electron chi connectivity index (χ2n) is 2.87. The fourth-order valence-electron chi connectivity index (χ4n) is 0.950. The minimum atomic E-state index is -0.104. The molecule has 0 heterocycles. The van der Waals surface area contributed by atoms with Gasteiger partial charge < -0.3 is 9.47 Å². The van der Waals surface area contributed by atoms with E-state index in [4.69, 9.17) is 9.47 Å². The van der Waals surface area contributed by atoms with Crippen molar-refractivity contribution in [2.45, 2.75) is 39.5 Å². The number of unbranched alkanes of at least 4 members (excludes halogenated alkanes) is 2. The minimum Gasteiger partial charge on any atom is -0.463 e. The van der Waals surface area contributed by atoms with Crippen LogP contribution in [0.15, 0.2) is 0 Å². The number of ether oxygens (including phenoxy) is 2. The van der Waals surface area contributed by atoms with Gasteiger partial charge in [-0.15, -0.1) is 0 Å². The molecule has 3 heteroatoms. The molecule has 0 saturated carbocycles. The highest BCUT2D eigenvalue weighted by Crippen LogP contribution is 2.00. The second kappa shape index (κ2) is 9.52. The summed E-state index contributed by atoms with van der Waals surface area (Å²) in [6.07, 6.45) is 3.71. The van der Waals surface area contributed by atoms with Gasteiger partial charge in [-0.1, -0.05) is 19.8 Å². The Morgan fingerprint density at radius 2 is 1.92 bits per heavy atom. The van der Waals surface area contributed by atoms with E-state index < -0.39 is 0 Å². The van der Waals surface area contributed by atoms with Crippen molar-refractivity contribution < 1.29 is 14.3 Å². The number of carbonyl (C=O) groups is 1. The van der Waals surface area contributed by atoms with Gasteiger partial charge in [-0.25, -0.2) is 0 Å². The molecule has 0 unspecified atom stereocenters. The van der Waals surface area contributed by atoms with Crippen molar-refractivity contribution in [1.82, 2.24) is 0 Å². The predicted octanol–water partition coefficient (Wildman–Crippen LogP) is 2.15. The Balaban J connectivity index is 3.11. The van der Waals surface area contributed by atoms with Crippen LogP contribution in [0, 0.1) is 0 Å². The van der Waals surface area contributed by atoms with Crippen molar-refractivity contribution >= 4 is 5.97 Å². The number of esters is 1. The molecule has 78 valence electrons. The van der Waals surface area contributed by atoms with E-state index in [9.17, 15) is 4.79 Å². The molecule has 13 heavy (non-hydrogen) atoms. The third-order valence-electron chi connectivity index (χ3n) is 1.68. The van der Waals surface area contributed by atoms with E-state index in [1.54, 1.807) is 0 Å². The van der Waals surface area contributed by atoms with Gasteiger partial charge in [-0.05, 0) is 13.3 Å². The first kappa shape index (κ1) is 12.4. The Morgan fingerprint density at radius 3 is 2.54 bits per heavy atom. The average Bonchev–Trinajstić information content (AvgIpc) is 2.13. The fraction of sp³-hybridized carbons (Fsp3) is 0.900. The summed E-state index contributed by atoms with van der Waals surface area (Å²) in [4.78, 5) is 11.0. The molecule has 0 aromatic heterocycles. The van der Waals surface area contributed by atoms with E-state index in [0.717, 1.165) is 19.3 Å². The Labute approximate surface area is 80.4 Å². The normalized spacial score (nSPS) is 10.0. The van der Waals surface area contributed by atoms with Gasteiger partial charge in [0.05, 0.1) is 6.61 Å². The topological polar surface area (TPSA) is 35.5 Å². The molecule has 0 aliphatic carbocycles. The largest absolute Gasteiger partial charge is 0.463 e. The lowest BCUT2D eigenvalue weighted by atomic mass is 10.2. The lowest BCUT2D eigenvalue weighted by Crippen LogP contribution is -2.10. The maximum atomic E-state index is 11.0. The quantitative estimate of drug-likeness (QED) is 0.432. The molecule has 0 radical (unpaired) electrons. The first-order chi connectivity index (χ1) is 6.31. The molecule has 0 aliphatic rings. The summed E-state index contributed by atoms with van der Waals surface area (Å²) >= 11 is 0. The second-order valence-corrected chi connectivity index (χ2v) is 2.87. The van der Waals surface area contributed by atoms with Gasteiger partial charge in [0.25, 0.3) is 0 Å². The minimum absolute atomic E-state index is 0.104. The lowest BCUT2D eigenvalue weighted by Gasteiger charge is -2.03. The molecule has 0 aromatic rings. The Kier molecular flexibility index (Phi) is 9.10. The molecule has 0 rings (SSSR count). The van der Waals surface area contributed by atoms with Crippen LogP contribution in [0.3, 0.4) is 0 Å². The van der Waals surface area contributed by atoms with Gasteiger partial charge in [0.1, 0.15) is 6.61 Å². The monoisotopic (exact) mass is 188 g/mol. The van der Waals surface area contributed by atoms with Crippen molar-refractivity contribution in [3.63, 3.8) is 0 Å². The number of rotatable bonds is 8. The first-order valence-corrected chi connectivity index (χ1v) is 5.04. The summed E-state index contributed by atoms with van der Waals surface area (Å²) in [5.74, 6) is -0.104. The highest BCUT2D eigenvalue weighted by atomic mass is 16.6. The third kappa shape index (κ3) is 9.34. The third-order valence-corrected chi connectivity index (χ3v) is 1.68. The molecular weight excluding hydrogens is 168 g/mol. The Bertz CT molecular complexity index is 123.